The second-order valence-corrected chi connectivity index (χ2v) is 7.81. The van der Waals surface area contributed by atoms with Gasteiger partial charge < -0.3 is 0 Å². The van der Waals surface area contributed by atoms with Gasteiger partial charge in [-0.1, -0.05) is 0 Å². The minimum Gasteiger partial charge on any atom is -0.299 e. The molecule has 0 spiro atoms. The van der Waals surface area contributed by atoms with Crippen molar-refractivity contribution in [2.75, 3.05) is 6.54 Å². The maximum Gasteiger partial charge on any atom is 0.139 e. The zero-order chi connectivity index (χ0) is 13.0. The number of carbonyl (C=O) groups excluding carboxylic acids is 1. The van der Waals surface area contributed by atoms with Gasteiger partial charge in [0.2, 0.25) is 0 Å². The van der Waals surface area contributed by atoms with Gasteiger partial charge in [0.25, 0.3) is 0 Å². The van der Waals surface area contributed by atoms with Crippen molar-refractivity contribution in [1.29, 1.82) is 0 Å². The van der Waals surface area contributed by atoms with Gasteiger partial charge in [0.1, 0.15) is 5.78 Å². The molecule has 4 bridgehead atoms. The second kappa shape index (κ2) is 4.73. The molecule has 19 heavy (non-hydrogen) atoms. The Labute approximate surface area is 120 Å². The zero-order valence-electron chi connectivity index (χ0n) is 11.6. The van der Waals surface area contributed by atoms with Crippen LogP contribution >= 0.6 is 11.6 Å². The molecule has 1 aliphatic carbocycles. The maximum absolute atomic E-state index is 12.5. The Morgan fingerprint density at radius 3 is 2.63 bits per heavy atom. The predicted octanol–water partition coefficient (Wildman–Crippen LogP) is 3.23. The van der Waals surface area contributed by atoms with E-state index in [4.69, 9.17) is 11.6 Å². The largest absolute Gasteiger partial charge is 0.299 e. The first kappa shape index (κ1) is 12.6. The number of nitrogens with zero attached hydrogens (tertiary/aromatic N) is 1. The van der Waals surface area contributed by atoms with Gasteiger partial charge in [-0.3, -0.25) is 9.69 Å². The second-order valence-electron chi connectivity index (χ2n) is 7.19. The van der Waals surface area contributed by atoms with Crippen molar-refractivity contribution < 1.29 is 4.79 Å². The van der Waals surface area contributed by atoms with Crippen LogP contribution in [0.4, 0.5) is 0 Å². The molecule has 0 radical (unpaired) electrons. The molecule has 5 atom stereocenters. The van der Waals surface area contributed by atoms with Crippen molar-refractivity contribution in [3.63, 3.8) is 0 Å². The summed E-state index contributed by atoms with van der Waals surface area (Å²) in [5.74, 6) is 2.43. The van der Waals surface area contributed by atoms with Gasteiger partial charge in [-0.25, -0.2) is 0 Å². The number of halogens is 1. The fraction of sp³-hybridized carbons (Fsp3) is 0.938. The molecule has 4 rings (SSSR count). The Balaban J connectivity index is 1.57. The summed E-state index contributed by atoms with van der Waals surface area (Å²) in [7, 11) is 0. The van der Waals surface area contributed by atoms with E-state index >= 15 is 0 Å². The molecule has 4 fully saturated rings. The molecule has 0 amide bonds. The van der Waals surface area contributed by atoms with Gasteiger partial charge in [-0.15, -0.1) is 11.6 Å². The number of ketones is 1. The van der Waals surface area contributed by atoms with Crippen LogP contribution in [0, 0.1) is 17.8 Å². The number of hydrogen-bond donors (Lipinski definition) is 0. The molecule has 0 aromatic rings. The first-order valence-electron chi connectivity index (χ1n) is 8.16. The number of carbonyl (C=O) groups is 1. The Morgan fingerprint density at radius 2 is 1.84 bits per heavy atom. The van der Waals surface area contributed by atoms with E-state index in [1.54, 1.807) is 0 Å². The van der Waals surface area contributed by atoms with E-state index in [0.29, 0.717) is 29.0 Å². The van der Waals surface area contributed by atoms with Crippen molar-refractivity contribution in [2.24, 2.45) is 17.8 Å². The highest BCUT2D eigenvalue weighted by Crippen LogP contribution is 2.50. The molecule has 5 unspecified atom stereocenters. The lowest BCUT2D eigenvalue weighted by molar-refractivity contribution is -0.137. The zero-order valence-corrected chi connectivity index (χ0v) is 12.3. The van der Waals surface area contributed by atoms with E-state index < -0.39 is 0 Å². The van der Waals surface area contributed by atoms with Crippen molar-refractivity contribution >= 4 is 17.4 Å². The molecule has 3 aliphatic heterocycles. The summed E-state index contributed by atoms with van der Waals surface area (Å²) in [6, 6.07) is 1.41. The monoisotopic (exact) mass is 281 g/mol. The van der Waals surface area contributed by atoms with Crippen molar-refractivity contribution in [3.05, 3.63) is 0 Å². The van der Waals surface area contributed by atoms with Crippen molar-refractivity contribution in [3.8, 4) is 0 Å². The van der Waals surface area contributed by atoms with Gasteiger partial charge in [-0.05, 0) is 56.8 Å². The molecule has 0 N–H and O–H groups in total. The molecule has 1 saturated carbocycles. The Hall–Kier alpha value is -0.0800. The molecule has 3 heterocycles. The van der Waals surface area contributed by atoms with Crippen LogP contribution in [0.25, 0.3) is 0 Å². The molecule has 0 aromatic heterocycles. The first-order valence-corrected chi connectivity index (χ1v) is 8.60. The van der Waals surface area contributed by atoms with E-state index in [-0.39, 0.29) is 0 Å². The summed E-state index contributed by atoms with van der Waals surface area (Å²) < 4.78 is 0. The third-order valence-electron chi connectivity index (χ3n) is 6.41. The summed E-state index contributed by atoms with van der Waals surface area (Å²) in [5, 5.41) is 0.398. The van der Waals surface area contributed by atoms with Gasteiger partial charge in [0.05, 0.1) is 0 Å². The van der Waals surface area contributed by atoms with Crippen LogP contribution in [0.15, 0.2) is 0 Å². The number of hydrogen-bond acceptors (Lipinski definition) is 2. The maximum atomic E-state index is 12.5. The van der Waals surface area contributed by atoms with Crippen LogP contribution in [0.3, 0.4) is 0 Å². The van der Waals surface area contributed by atoms with E-state index in [9.17, 15) is 4.79 Å². The number of rotatable bonds is 1. The van der Waals surface area contributed by atoms with E-state index in [1.807, 2.05) is 0 Å². The Morgan fingerprint density at radius 1 is 1.05 bits per heavy atom. The van der Waals surface area contributed by atoms with Crippen LogP contribution in [0.5, 0.6) is 0 Å². The minimum absolute atomic E-state index is 0.379. The van der Waals surface area contributed by atoms with Gasteiger partial charge in [0, 0.05) is 36.3 Å². The van der Waals surface area contributed by atoms with Crippen molar-refractivity contribution in [2.45, 2.75) is 68.8 Å². The summed E-state index contributed by atoms with van der Waals surface area (Å²) in [5.41, 5.74) is 0. The molecule has 3 saturated heterocycles. The van der Waals surface area contributed by atoms with Crippen LogP contribution in [0.1, 0.15) is 51.4 Å². The topological polar surface area (TPSA) is 20.3 Å². The molecular formula is C16H24ClNO. The lowest BCUT2D eigenvalue weighted by Crippen LogP contribution is -2.57. The van der Waals surface area contributed by atoms with Crippen LogP contribution in [-0.4, -0.2) is 34.7 Å². The predicted molar refractivity (Wildman–Crippen MR) is 76.3 cm³/mol. The van der Waals surface area contributed by atoms with Crippen LogP contribution in [0.2, 0.25) is 0 Å². The highest BCUT2D eigenvalue weighted by Gasteiger charge is 2.53. The van der Waals surface area contributed by atoms with Crippen LogP contribution in [-0.2, 0) is 4.79 Å². The van der Waals surface area contributed by atoms with Crippen molar-refractivity contribution in [1.82, 2.24) is 4.90 Å². The normalized spacial score (nSPS) is 53.3. The summed E-state index contributed by atoms with van der Waals surface area (Å²) in [6.45, 7) is 1.05. The molecule has 3 heteroatoms. The average molecular weight is 282 g/mol. The summed E-state index contributed by atoms with van der Waals surface area (Å²) in [4.78, 5) is 15.1. The minimum atomic E-state index is 0.379. The van der Waals surface area contributed by atoms with E-state index in [0.717, 1.165) is 24.9 Å². The Bertz CT molecular complexity index is 377. The lowest BCUT2D eigenvalue weighted by atomic mass is 9.65. The summed E-state index contributed by atoms with van der Waals surface area (Å²) >= 11 is 6.25. The van der Waals surface area contributed by atoms with Crippen LogP contribution < -0.4 is 0 Å². The fourth-order valence-electron chi connectivity index (χ4n) is 5.55. The number of Topliss-reactive ketones (excluding diaryl/α,β-unsaturated/α-hetero) is 1. The molecule has 4 aliphatic rings. The molecule has 2 nitrogen and oxygen atoms in total. The summed E-state index contributed by atoms with van der Waals surface area (Å²) in [6.07, 6.45) is 9.61. The lowest BCUT2D eigenvalue weighted by Gasteiger charge is -2.50. The smallest absolute Gasteiger partial charge is 0.139 e. The average Bonchev–Trinajstić information content (AvgIpc) is 2.69. The van der Waals surface area contributed by atoms with Gasteiger partial charge in [0.15, 0.2) is 0 Å². The highest BCUT2D eigenvalue weighted by atomic mass is 35.5. The quantitative estimate of drug-likeness (QED) is 0.688. The highest BCUT2D eigenvalue weighted by molar-refractivity contribution is 6.20. The fourth-order valence-corrected chi connectivity index (χ4v) is 5.80. The number of piperidine rings is 2. The van der Waals surface area contributed by atoms with E-state index in [2.05, 4.69) is 4.90 Å². The SMILES string of the molecule is O=C1CCN2C3CCC2C1C(C1CCC(Cl)CC1)C3. The van der Waals surface area contributed by atoms with E-state index in [1.165, 1.54) is 44.9 Å². The van der Waals surface area contributed by atoms with Gasteiger partial charge in [-0.2, -0.15) is 0 Å². The molecule has 0 aromatic carbocycles. The number of alkyl halides is 1. The Kier molecular flexibility index (Phi) is 3.15. The standard InChI is InChI=1S/C16H24ClNO/c17-11-3-1-10(2-4-11)13-9-12-5-6-14-16(13)15(19)7-8-18(12)14/h10-14,16H,1-9H2. The third-order valence-corrected chi connectivity index (χ3v) is 6.84. The van der Waals surface area contributed by atoms with Gasteiger partial charge >= 0.3 is 0 Å². The third kappa shape index (κ3) is 1.98. The molecular weight excluding hydrogens is 258 g/mol. The first-order chi connectivity index (χ1) is 9.24. The molecule has 106 valence electrons.